The number of rotatable bonds is 8. The second-order valence-corrected chi connectivity index (χ2v) is 12.2. The average molecular weight is 633 g/mol. The number of esters is 2. The highest BCUT2D eigenvalue weighted by atomic mass is 16.5. The normalized spacial score (nSPS) is 15.8. The lowest BCUT2D eigenvalue weighted by Gasteiger charge is -2.08. The maximum atomic E-state index is 12.3. The highest BCUT2D eigenvalue weighted by Crippen LogP contribution is 2.39. The Morgan fingerprint density at radius 3 is 2.09 bits per heavy atom. The second kappa shape index (κ2) is 12.9. The van der Waals surface area contributed by atoms with Crippen LogP contribution >= 0.6 is 0 Å². The minimum Gasteiger partial charge on any atom is -0.469 e. The molecule has 0 spiro atoms. The Kier molecular flexibility index (Phi) is 8.77. The summed E-state index contributed by atoms with van der Waals surface area (Å²) in [5.41, 5.74) is 15.0. The number of methoxy groups -OCH3 is 2. The number of aromatic amines is 2. The molecule has 2 N–H and O–H groups in total. The number of nitrogens with one attached hydrogen (secondary N) is 2. The van der Waals surface area contributed by atoms with E-state index in [0.29, 0.717) is 19.4 Å². The lowest BCUT2D eigenvalue weighted by molar-refractivity contribution is -0.141. The molecule has 0 aromatic carbocycles. The van der Waals surface area contributed by atoms with Crippen molar-refractivity contribution in [2.24, 2.45) is 10.2 Å². The Hall–Kier alpha value is -5.12. The van der Waals surface area contributed by atoms with Crippen molar-refractivity contribution in [3.63, 3.8) is 0 Å². The van der Waals surface area contributed by atoms with Crippen LogP contribution in [0.4, 0.5) is 0 Å². The van der Waals surface area contributed by atoms with Crippen molar-refractivity contribution in [1.29, 1.82) is 0 Å². The molecular weight excluding hydrogens is 592 g/mol. The number of aryl methyl sites for hydroxylation is 3. The summed E-state index contributed by atoms with van der Waals surface area (Å²) in [4.78, 5) is 42.0. The molecule has 3 aliphatic heterocycles. The van der Waals surface area contributed by atoms with Gasteiger partial charge in [-0.25, -0.2) is 9.97 Å². The van der Waals surface area contributed by atoms with Crippen molar-refractivity contribution >= 4 is 62.4 Å². The van der Waals surface area contributed by atoms with Crippen molar-refractivity contribution in [3.8, 4) is 0 Å². The van der Waals surface area contributed by atoms with E-state index in [0.717, 1.165) is 95.8 Å². The number of nitrogens with zero attached hydrogens (tertiary/aromatic N) is 4. The number of hydrogen-bond donors (Lipinski definition) is 2. The third-order valence-electron chi connectivity index (χ3n) is 9.51. The minimum atomic E-state index is -0.280. The quantitative estimate of drug-likeness (QED) is 0.244. The predicted octanol–water partition coefficient (Wildman–Crippen LogP) is 7.72. The Bertz CT molecular complexity index is 2080. The lowest BCUT2D eigenvalue weighted by atomic mass is 9.97. The van der Waals surface area contributed by atoms with Crippen LogP contribution in [0.5, 0.6) is 0 Å². The molecule has 10 nitrogen and oxygen atoms in total. The molecule has 1 atom stereocenters. The zero-order chi connectivity index (χ0) is 33.4. The highest BCUT2D eigenvalue weighted by molar-refractivity contribution is 5.97. The first-order valence-electron chi connectivity index (χ1n) is 15.9. The molecule has 3 aromatic heterocycles. The second-order valence-electron chi connectivity index (χ2n) is 12.2. The van der Waals surface area contributed by atoms with Crippen LogP contribution in [0, 0.1) is 13.8 Å². The van der Waals surface area contributed by atoms with Crippen molar-refractivity contribution in [1.82, 2.24) is 19.9 Å². The first-order chi connectivity index (χ1) is 22.6. The molecule has 0 fully saturated rings. The van der Waals surface area contributed by atoms with Gasteiger partial charge in [0.15, 0.2) is 0 Å². The summed E-state index contributed by atoms with van der Waals surface area (Å²) < 4.78 is 9.94. The summed E-state index contributed by atoms with van der Waals surface area (Å²) in [5, 5.41) is 8.87. The predicted molar refractivity (Wildman–Crippen MR) is 185 cm³/mol. The number of carbonyl (C=O) groups is 2. The average Bonchev–Trinajstić information content (AvgIpc) is 3.86. The van der Waals surface area contributed by atoms with Gasteiger partial charge in [0.25, 0.3) is 0 Å². The summed E-state index contributed by atoms with van der Waals surface area (Å²) >= 11 is 0. The third-order valence-corrected chi connectivity index (χ3v) is 9.51. The largest absolute Gasteiger partial charge is 0.469 e. The molecular formula is C37H40N6O4. The lowest BCUT2D eigenvalue weighted by Crippen LogP contribution is -2.04. The fourth-order valence-corrected chi connectivity index (χ4v) is 6.72. The summed E-state index contributed by atoms with van der Waals surface area (Å²) in [6, 6.07) is 8.17. The van der Waals surface area contributed by atoms with Crippen molar-refractivity contribution in [3.05, 3.63) is 75.9 Å². The number of fused-ring (bicyclic) bond motifs is 8. The Morgan fingerprint density at radius 2 is 1.40 bits per heavy atom. The molecule has 10 heteroatoms. The molecule has 3 aliphatic rings. The number of hydrogen-bond acceptors (Lipinski definition) is 8. The highest BCUT2D eigenvalue weighted by Gasteiger charge is 2.27. The van der Waals surface area contributed by atoms with Crippen LogP contribution in [-0.4, -0.2) is 58.7 Å². The van der Waals surface area contributed by atoms with Crippen LogP contribution in [0.3, 0.4) is 0 Å². The third kappa shape index (κ3) is 5.95. The van der Waals surface area contributed by atoms with E-state index in [4.69, 9.17) is 19.4 Å². The van der Waals surface area contributed by atoms with E-state index in [9.17, 15) is 9.59 Å². The van der Waals surface area contributed by atoms with Gasteiger partial charge in [0.2, 0.25) is 0 Å². The van der Waals surface area contributed by atoms with Crippen molar-refractivity contribution in [2.75, 3.05) is 20.8 Å². The Labute approximate surface area is 273 Å². The fraction of sp³-hybridized carbons (Fsp3) is 0.351. The number of ether oxygens (including phenoxy) is 2. The summed E-state index contributed by atoms with van der Waals surface area (Å²) in [6.07, 6.45) is 4.12. The topological polar surface area (TPSA) is 135 Å². The van der Waals surface area contributed by atoms with Gasteiger partial charge < -0.3 is 19.4 Å². The maximum absolute atomic E-state index is 12.3. The van der Waals surface area contributed by atoms with E-state index in [1.165, 1.54) is 14.2 Å². The van der Waals surface area contributed by atoms with Gasteiger partial charge in [-0.05, 0) is 105 Å². The number of aromatic nitrogens is 4. The van der Waals surface area contributed by atoms with Crippen molar-refractivity contribution < 1.29 is 19.1 Å². The van der Waals surface area contributed by atoms with Crippen LogP contribution in [0.15, 0.2) is 41.1 Å². The van der Waals surface area contributed by atoms with Crippen molar-refractivity contribution in [2.45, 2.75) is 65.8 Å². The van der Waals surface area contributed by atoms with Crippen LogP contribution in [0.2, 0.25) is 0 Å². The molecule has 0 amide bonds. The van der Waals surface area contributed by atoms with Crippen LogP contribution in [-0.2, 0) is 25.5 Å². The Morgan fingerprint density at radius 1 is 0.809 bits per heavy atom. The minimum absolute atomic E-state index is 0.0711. The van der Waals surface area contributed by atoms with Gasteiger partial charge in [-0.3, -0.25) is 9.59 Å². The standard InChI is InChI=1S/C37H40N6O4/c1-8-23-19(2)27-15-28-20(3)24(9-11-35(44)46-6)32(40-28)18-33-25(10-12-36(45)47-7)21(4)29(41-33)17-34-37(26-13-14-38-43-26)22(5)30(42-34)16-31(23)39-27/h8,15-18,26,39,41H,1,9-14H2,2-7H3. The summed E-state index contributed by atoms with van der Waals surface area (Å²) in [6.45, 7) is 13.1. The monoisotopic (exact) mass is 632 g/mol. The van der Waals surface area contributed by atoms with Gasteiger partial charge in [-0.15, -0.1) is 0 Å². The molecule has 47 heavy (non-hydrogen) atoms. The van der Waals surface area contributed by atoms with E-state index in [1.54, 1.807) is 0 Å². The van der Waals surface area contributed by atoms with Crippen LogP contribution < -0.4 is 0 Å². The molecule has 0 saturated heterocycles. The van der Waals surface area contributed by atoms with Gasteiger partial charge in [-0.2, -0.15) is 10.2 Å². The molecule has 242 valence electrons. The molecule has 3 aromatic rings. The van der Waals surface area contributed by atoms with Gasteiger partial charge in [-0.1, -0.05) is 12.7 Å². The zero-order valence-electron chi connectivity index (χ0n) is 27.8. The first-order valence-corrected chi connectivity index (χ1v) is 15.9. The zero-order valence-corrected chi connectivity index (χ0v) is 27.8. The van der Waals surface area contributed by atoms with Gasteiger partial charge in [0.1, 0.15) is 0 Å². The molecule has 6 rings (SSSR count). The van der Waals surface area contributed by atoms with Crippen LogP contribution in [0.25, 0.3) is 50.4 Å². The first kappa shape index (κ1) is 31.8. The SMILES string of the molecule is C=Cc1c(C)c2cc3nc(cc4[nH]c(cc5nc(cc1[nH]2)C(C)=C5C1CCN=N1)c(C)c4CCC(=O)OC)C(CCC(=O)OC)=C3C. The molecule has 1 unspecified atom stereocenters. The van der Waals surface area contributed by atoms with E-state index in [1.807, 2.05) is 19.1 Å². The van der Waals surface area contributed by atoms with Gasteiger partial charge in [0, 0.05) is 46.0 Å². The number of H-pyrrole nitrogens is 2. The summed E-state index contributed by atoms with van der Waals surface area (Å²) in [7, 11) is 2.80. The molecule has 0 saturated carbocycles. The molecule has 0 aliphatic carbocycles. The molecule has 6 heterocycles. The van der Waals surface area contributed by atoms with E-state index >= 15 is 0 Å². The smallest absolute Gasteiger partial charge is 0.305 e. The maximum Gasteiger partial charge on any atom is 0.305 e. The number of azo groups is 1. The summed E-state index contributed by atoms with van der Waals surface area (Å²) in [5.74, 6) is -0.558. The Balaban J connectivity index is 1.70. The molecule has 8 bridgehead atoms. The van der Waals surface area contributed by atoms with E-state index in [-0.39, 0.29) is 30.8 Å². The number of carbonyl (C=O) groups excluding carboxylic acids is 2. The van der Waals surface area contributed by atoms with Crippen LogP contribution in [0.1, 0.15) is 84.6 Å². The fourth-order valence-electron chi connectivity index (χ4n) is 6.72. The van der Waals surface area contributed by atoms with Gasteiger partial charge >= 0.3 is 11.9 Å². The van der Waals surface area contributed by atoms with Gasteiger partial charge in [0.05, 0.1) is 49.6 Å². The number of allylic oxidation sites excluding steroid dienone is 3. The molecule has 0 radical (unpaired) electrons. The van der Waals surface area contributed by atoms with E-state index < -0.39 is 0 Å². The van der Waals surface area contributed by atoms with E-state index in [2.05, 4.69) is 65.7 Å².